The first-order chi connectivity index (χ1) is 9.51. The zero-order chi connectivity index (χ0) is 15.5. The highest BCUT2D eigenvalue weighted by atomic mass is 32.2. The summed E-state index contributed by atoms with van der Waals surface area (Å²) in [6.45, 7) is 4.70. The van der Waals surface area contributed by atoms with Gasteiger partial charge in [-0.25, -0.2) is 4.39 Å². The van der Waals surface area contributed by atoms with Gasteiger partial charge in [-0.05, 0) is 55.3 Å². The van der Waals surface area contributed by atoms with Crippen LogP contribution in [0.1, 0.15) is 52.4 Å². The molecule has 0 aliphatic heterocycles. The van der Waals surface area contributed by atoms with Crippen LogP contribution in [0, 0.1) is 16.7 Å². The first-order valence-electron chi connectivity index (χ1n) is 7.85. The van der Waals surface area contributed by atoms with Gasteiger partial charge in [0.2, 0.25) is 0 Å². The van der Waals surface area contributed by atoms with Gasteiger partial charge < -0.3 is 5.32 Å². The maximum Gasteiger partial charge on any atom is 0.267 e. The van der Waals surface area contributed by atoms with Crippen LogP contribution < -0.4 is 5.32 Å². The number of hydrogen-bond donors (Lipinski definition) is 2. The van der Waals surface area contributed by atoms with Crippen molar-refractivity contribution in [2.75, 3.05) is 12.3 Å². The summed E-state index contributed by atoms with van der Waals surface area (Å²) in [4.78, 5) is 0. The Kier molecular flexibility index (Phi) is 3.47. The monoisotopic (exact) mass is 319 g/mol. The van der Waals surface area contributed by atoms with Crippen LogP contribution >= 0.6 is 0 Å². The van der Waals surface area contributed by atoms with Crippen molar-refractivity contribution in [3.8, 4) is 0 Å². The average molecular weight is 319 g/mol. The Bertz CT molecular complexity index is 517. The lowest BCUT2D eigenvalue weighted by molar-refractivity contribution is -0.118. The van der Waals surface area contributed by atoms with Crippen molar-refractivity contribution in [3.05, 3.63) is 0 Å². The SMILES string of the molecule is CC12CC3CC(C)(C1)CC(NC[C@@H](F)CS(=O)(=O)O)(C3)C2. The van der Waals surface area contributed by atoms with Crippen LogP contribution in [0.25, 0.3) is 0 Å². The number of halogens is 1. The first kappa shape index (κ1) is 15.7. The molecule has 4 rings (SSSR count). The molecule has 2 unspecified atom stereocenters. The molecule has 0 amide bonds. The molecular formula is C15H26FNO3S. The molecule has 0 aromatic carbocycles. The average Bonchev–Trinajstić information content (AvgIpc) is 2.18. The van der Waals surface area contributed by atoms with Crippen LogP contribution in [0.2, 0.25) is 0 Å². The number of hydrogen-bond acceptors (Lipinski definition) is 3. The quantitative estimate of drug-likeness (QED) is 0.764. The lowest BCUT2D eigenvalue weighted by Gasteiger charge is -2.65. The highest BCUT2D eigenvalue weighted by Crippen LogP contribution is 2.66. The Morgan fingerprint density at radius 1 is 1.19 bits per heavy atom. The van der Waals surface area contributed by atoms with Crippen molar-refractivity contribution < 1.29 is 17.4 Å². The summed E-state index contributed by atoms with van der Waals surface area (Å²) in [5.41, 5.74) is 0.651. The van der Waals surface area contributed by atoms with E-state index in [1.807, 2.05) is 0 Å². The van der Waals surface area contributed by atoms with E-state index in [1.54, 1.807) is 0 Å². The minimum absolute atomic E-state index is 0.0126. The first-order valence-corrected chi connectivity index (χ1v) is 9.46. The summed E-state index contributed by atoms with van der Waals surface area (Å²) >= 11 is 0. The van der Waals surface area contributed by atoms with E-state index in [0.29, 0.717) is 16.7 Å². The summed E-state index contributed by atoms with van der Waals surface area (Å²) in [7, 11) is -4.24. The van der Waals surface area contributed by atoms with Crippen molar-refractivity contribution in [1.82, 2.24) is 5.32 Å². The molecule has 4 fully saturated rings. The summed E-state index contributed by atoms with van der Waals surface area (Å²) < 4.78 is 44.0. The fourth-order valence-electron chi connectivity index (χ4n) is 6.26. The fourth-order valence-corrected chi connectivity index (χ4v) is 6.83. The highest BCUT2D eigenvalue weighted by molar-refractivity contribution is 7.85. The van der Waals surface area contributed by atoms with Crippen LogP contribution in [0.3, 0.4) is 0 Å². The second kappa shape index (κ2) is 4.65. The lowest BCUT2D eigenvalue weighted by Crippen LogP contribution is -2.64. The fraction of sp³-hybridized carbons (Fsp3) is 1.00. The van der Waals surface area contributed by atoms with Crippen LogP contribution in [-0.4, -0.2) is 37.0 Å². The molecule has 4 aliphatic carbocycles. The van der Waals surface area contributed by atoms with Gasteiger partial charge in [0.1, 0.15) is 11.9 Å². The third kappa shape index (κ3) is 3.27. The second-order valence-electron chi connectivity index (χ2n) is 8.64. The minimum atomic E-state index is -4.24. The minimum Gasteiger partial charge on any atom is -0.308 e. The van der Waals surface area contributed by atoms with Crippen molar-refractivity contribution in [2.24, 2.45) is 16.7 Å². The molecule has 2 N–H and O–H groups in total. The molecule has 4 aliphatic rings. The van der Waals surface area contributed by atoms with Crippen molar-refractivity contribution in [2.45, 2.75) is 64.1 Å². The Labute approximate surface area is 126 Å². The summed E-state index contributed by atoms with van der Waals surface area (Å²) in [5.74, 6) is -0.1000. The molecule has 122 valence electrons. The molecule has 4 nitrogen and oxygen atoms in total. The van der Waals surface area contributed by atoms with E-state index < -0.39 is 22.0 Å². The van der Waals surface area contributed by atoms with Gasteiger partial charge in [-0.15, -0.1) is 0 Å². The van der Waals surface area contributed by atoms with Gasteiger partial charge in [-0.3, -0.25) is 4.55 Å². The molecule has 0 saturated heterocycles. The molecule has 21 heavy (non-hydrogen) atoms. The maximum absolute atomic E-state index is 13.8. The zero-order valence-corrected chi connectivity index (χ0v) is 13.7. The Hall–Kier alpha value is -0.200. The standard InChI is InChI=1S/C15H26FNO3S/c1-13-3-11-4-14(2,8-13)10-15(5-11,9-13)17-6-12(16)7-21(18,19)20/h11-12,17H,3-10H2,1-2H3,(H,18,19,20)/t11?,12-,13?,14?,15?/m1/s1. The van der Waals surface area contributed by atoms with E-state index in [1.165, 1.54) is 19.3 Å². The predicted octanol–water partition coefficient (Wildman–Crippen LogP) is 2.55. The van der Waals surface area contributed by atoms with Gasteiger partial charge in [0.15, 0.2) is 0 Å². The van der Waals surface area contributed by atoms with Gasteiger partial charge in [0.25, 0.3) is 10.1 Å². The van der Waals surface area contributed by atoms with E-state index in [0.717, 1.165) is 19.3 Å². The third-order valence-corrected chi connectivity index (χ3v) is 6.50. The Morgan fingerprint density at radius 2 is 1.76 bits per heavy atom. The number of rotatable bonds is 5. The normalized spacial score (nSPS) is 46.8. The van der Waals surface area contributed by atoms with Crippen molar-refractivity contribution in [3.63, 3.8) is 0 Å². The summed E-state index contributed by atoms with van der Waals surface area (Å²) in [6.07, 6.45) is 5.45. The third-order valence-electron chi connectivity index (χ3n) is 5.72. The van der Waals surface area contributed by atoms with Crippen LogP contribution in [0.5, 0.6) is 0 Å². The highest BCUT2D eigenvalue weighted by Gasteiger charge is 2.59. The van der Waals surface area contributed by atoms with Crippen molar-refractivity contribution >= 4 is 10.1 Å². The molecule has 4 saturated carbocycles. The van der Waals surface area contributed by atoms with Gasteiger partial charge in [0, 0.05) is 12.1 Å². The van der Waals surface area contributed by atoms with Crippen LogP contribution in [-0.2, 0) is 10.1 Å². The Balaban J connectivity index is 1.68. The zero-order valence-electron chi connectivity index (χ0n) is 12.9. The van der Waals surface area contributed by atoms with Gasteiger partial charge >= 0.3 is 0 Å². The summed E-state index contributed by atoms with van der Waals surface area (Å²) in [6, 6.07) is 0. The number of alkyl halides is 1. The molecular weight excluding hydrogens is 293 g/mol. The van der Waals surface area contributed by atoms with E-state index >= 15 is 0 Å². The second-order valence-corrected chi connectivity index (χ2v) is 10.1. The largest absolute Gasteiger partial charge is 0.308 e. The van der Waals surface area contributed by atoms with Gasteiger partial charge in [-0.2, -0.15) is 8.42 Å². The molecule has 0 aromatic rings. The molecule has 0 heterocycles. The lowest BCUT2D eigenvalue weighted by atomic mass is 9.43. The summed E-state index contributed by atoms with van der Waals surface area (Å²) in [5, 5.41) is 3.35. The van der Waals surface area contributed by atoms with Gasteiger partial charge in [-0.1, -0.05) is 13.8 Å². The Morgan fingerprint density at radius 3 is 2.24 bits per heavy atom. The molecule has 0 radical (unpaired) electrons. The van der Waals surface area contributed by atoms with E-state index in [2.05, 4.69) is 19.2 Å². The maximum atomic E-state index is 13.8. The molecule has 0 aromatic heterocycles. The molecule has 0 spiro atoms. The molecule has 3 atom stereocenters. The van der Waals surface area contributed by atoms with Crippen LogP contribution in [0.15, 0.2) is 0 Å². The smallest absolute Gasteiger partial charge is 0.267 e. The topological polar surface area (TPSA) is 66.4 Å². The van der Waals surface area contributed by atoms with Crippen LogP contribution in [0.4, 0.5) is 4.39 Å². The molecule has 6 heteroatoms. The van der Waals surface area contributed by atoms with E-state index in [9.17, 15) is 12.8 Å². The molecule has 4 bridgehead atoms. The predicted molar refractivity (Wildman–Crippen MR) is 79.5 cm³/mol. The van der Waals surface area contributed by atoms with E-state index in [4.69, 9.17) is 4.55 Å². The number of nitrogens with one attached hydrogen (secondary N) is 1. The van der Waals surface area contributed by atoms with Crippen molar-refractivity contribution in [1.29, 1.82) is 0 Å². The van der Waals surface area contributed by atoms with Gasteiger partial charge in [0.05, 0.1) is 0 Å². The van der Waals surface area contributed by atoms with E-state index in [-0.39, 0.29) is 12.1 Å².